The fraction of sp³-hybridized carbons (Fsp3) is 0.520. The van der Waals surface area contributed by atoms with Crippen LogP contribution in [0.5, 0.6) is 0 Å². The van der Waals surface area contributed by atoms with Crippen molar-refractivity contribution in [3.63, 3.8) is 0 Å². The van der Waals surface area contributed by atoms with Crippen molar-refractivity contribution in [3.8, 4) is 0 Å². The number of hydrogen-bond acceptors (Lipinski definition) is 5. The molecule has 3 aliphatic rings. The summed E-state index contributed by atoms with van der Waals surface area (Å²) in [6, 6.07) is 10.1. The monoisotopic (exact) mass is 488 g/mol. The van der Waals surface area contributed by atoms with Crippen molar-refractivity contribution in [2.45, 2.75) is 43.9 Å². The first kappa shape index (κ1) is 23.1. The molecule has 0 N–H and O–H groups in total. The van der Waals surface area contributed by atoms with Gasteiger partial charge in [0.15, 0.2) is 0 Å². The van der Waals surface area contributed by atoms with Gasteiger partial charge < -0.3 is 9.64 Å². The zero-order valence-electron chi connectivity index (χ0n) is 18.7. The van der Waals surface area contributed by atoms with Crippen molar-refractivity contribution in [3.05, 3.63) is 63.9 Å². The molecule has 1 amide bonds. The predicted molar refractivity (Wildman–Crippen MR) is 130 cm³/mol. The minimum absolute atomic E-state index is 0.109. The first-order valence-electron chi connectivity index (χ1n) is 11.8. The Balaban J connectivity index is 1.39. The summed E-state index contributed by atoms with van der Waals surface area (Å²) >= 11 is 12.3. The third-order valence-corrected chi connectivity index (χ3v) is 7.94. The van der Waals surface area contributed by atoms with Gasteiger partial charge in [-0.2, -0.15) is 0 Å². The van der Waals surface area contributed by atoms with Gasteiger partial charge >= 0.3 is 0 Å². The lowest BCUT2D eigenvalue weighted by Gasteiger charge is -2.54. The van der Waals surface area contributed by atoms with Crippen molar-refractivity contribution in [1.29, 1.82) is 0 Å². The average molecular weight is 489 g/mol. The first-order chi connectivity index (χ1) is 16.1. The summed E-state index contributed by atoms with van der Waals surface area (Å²) in [7, 11) is 0. The number of hydrogen-bond donors (Lipinski definition) is 0. The van der Waals surface area contributed by atoms with E-state index in [0.29, 0.717) is 36.2 Å². The fourth-order valence-electron chi connectivity index (χ4n) is 5.58. The van der Waals surface area contributed by atoms with Crippen LogP contribution in [0.25, 0.3) is 0 Å². The molecule has 8 heteroatoms. The van der Waals surface area contributed by atoms with Gasteiger partial charge in [0.05, 0.1) is 47.8 Å². The highest BCUT2D eigenvalue weighted by molar-refractivity contribution is 6.42. The molecule has 1 aromatic carbocycles. The van der Waals surface area contributed by atoms with Gasteiger partial charge in [-0.25, -0.2) is 0 Å². The van der Waals surface area contributed by atoms with Crippen LogP contribution in [0.2, 0.25) is 10.0 Å². The third kappa shape index (κ3) is 5.05. The molecule has 6 nitrogen and oxygen atoms in total. The molecule has 5 rings (SSSR count). The minimum Gasteiger partial charge on any atom is -0.378 e. The van der Waals surface area contributed by atoms with Gasteiger partial charge in [-0.05, 0) is 55.3 Å². The van der Waals surface area contributed by atoms with Crippen LogP contribution < -0.4 is 0 Å². The van der Waals surface area contributed by atoms with Gasteiger partial charge in [0, 0.05) is 32.0 Å². The van der Waals surface area contributed by atoms with Crippen LogP contribution >= 0.6 is 23.2 Å². The highest BCUT2D eigenvalue weighted by atomic mass is 35.5. The Morgan fingerprint density at radius 2 is 1.82 bits per heavy atom. The van der Waals surface area contributed by atoms with E-state index in [0.717, 1.165) is 31.7 Å². The highest BCUT2D eigenvalue weighted by Gasteiger charge is 2.47. The molecule has 3 saturated heterocycles. The third-order valence-electron chi connectivity index (χ3n) is 7.20. The van der Waals surface area contributed by atoms with Gasteiger partial charge in [-0.3, -0.25) is 19.6 Å². The van der Waals surface area contributed by atoms with Crippen molar-refractivity contribution < 1.29 is 9.53 Å². The first-order valence-corrected chi connectivity index (χ1v) is 12.5. The number of pyridine rings is 1. The van der Waals surface area contributed by atoms with Crippen LogP contribution in [0, 0.1) is 0 Å². The lowest BCUT2D eigenvalue weighted by atomic mass is 9.90. The Labute approximate surface area is 205 Å². The second-order valence-corrected chi connectivity index (χ2v) is 10.1. The number of ether oxygens (including phenoxy) is 1. The lowest BCUT2D eigenvalue weighted by molar-refractivity contribution is -0.153. The van der Waals surface area contributed by atoms with E-state index in [1.807, 2.05) is 18.3 Å². The van der Waals surface area contributed by atoms with Gasteiger partial charge in [-0.1, -0.05) is 35.3 Å². The smallest absolute Gasteiger partial charge is 0.227 e. The lowest BCUT2D eigenvalue weighted by Crippen LogP contribution is -2.71. The molecule has 4 heterocycles. The number of halogens is 2. The second kappa shape index (κ2) is 10.3. The number of rotatable bonds is 5. The van der Waals surface area contributed by atoms with Crippen LogP contribution in [-0.4, -0.2) is 83.1 Å². The maximum absolute atomic E-state index is 13.6. The molecule has 0 radical (unpaired) electrons. The Kier molecular flexibility index (Phi) is 7.18. The zero-order chi connectivity index (χ0) is 22.8. The molecule has 0 saturated carbocycles. The Hall–Kier alpha value is -1.70. The number of benzene rings is 1. The minimum atomic E-state index is 0.109. The summed E-state index contributed by atoms with van der Waals surface area (Å²) in [6.45, 7) is 5.83. The largest absolute Gasteiger partial charge is 0.378 e. The average Bonchev–Trinajstić information content (AvgIpc) is 3.37. The molecule has 2 aromatic rings. The topological polar surface area (TPSA) is 48.9 Å². The fourth-order valence-corrected chi connectivity index (χ4v) is 5.91. The number of piperazine rings is 1. The number of carbonyl (C=O) groups excluding carboxylic acids is 1. The van der Waals surface area contributed by atoms with Crippen LogP contribution in [0.1, 0.15) is 24.0 Å². The van der Waals surface area contributed by atoms with E-state index in [9.17, 15) is 4.79 Å². The molecule has 0 aliphatic carbocycles. The molecular weight excluding hydrogens is 459 g/mol. The quantitative estimate of drug-likeness (QED) is 0.644. The maximum atomic E-state index is 13.6. The number of aromatic nitrogens is 1. The molecule has 3 atom stereocenters. The molecule has 0 spiro atoms. The number of fused-ring (bicyclic) bond motifs is 1. The van der Waals surface area contributed by atoms with Gasteiger partial charge in [-0.15, -0.1) is 0 Å². The van der Waals surface area contributed by atoms with E-state index < -0.39 is 0 Å². The SMILES string of the molecule is O=C(Cc1ccc(Cl)c(Cl)c1)N1CCN(Cc2cccnc2)[C@@H]2COC[C@H](N3CCCC3)[C@H]21. The molecule has 0 bridgehead atoms. The molecular formula is C25H30Cl2N4O2. The van der Waals surface area contributed by atoms with E-state index in [1.54, 1.807) is 18.3 Å². The molecule has 3 fully saturated rings. The van der Waals surface area contributed by atoms with E-state index >= 15 is 0 Å². The van der Waals surface area contributed by atoms with Gasteiger partial charge in [0.2, 0.25) is 5.91 Å². The zero-order valence-corrected chi connectivity index (χ0v) is 20.2. The summed E-state index contributed by atoms with van der Waals surface area (Å²) in [5, 5.41) is 0.998. The summed E-state index contributed by atoms with van der Waals surface area (Å²) < 4.78 is 6.14. The van der Waals surface area contributed by atoms with Crippen molar-refractivity contribution >= 4 is 29.1 Å². The van der Waals surface area contributed by atoms with Crippen molar-refractivity contribution in [1.82, 2.24) is 19.7 Å². The normalized spacial score (nSPS) is 26.4. The number of likely N-dealkylation sites (tertiary alicyclic amines) is 1. The summed E-state index contributed by atoms with van der Waals surface area (Å²) in [5.74, 6) is 0.149. The summed E-state index contributed by atoms with van der Waals surface area (Å²) in [4.78, 5) is 25.0. The van der Waals surface area contributed by atoms with E-state index in [2.05, 4.69) is 25.8 Å². The highest BCUT2D eigenvalue weighted by Crippen LogP contribution is 2.31. The number of carbonyl (C=O) groups is 1. The van der Waals surface area contributed by atoms with Crippen LogP contribution in [0.15, 0.2) is 42.7 Å². The van der Waals surface area contributed by atoms with E-state index in [4.69, 9.17) is 27.9 Å². The predicted octanol–water partition coefficient (Wildman–Crippen LogP) is 3.51. The molecule has 3 aliphatic heterocycles. The van der Waals surface area contributed by atoms with Crippen LogP contribution in [0.4, 0.5) is 0 Å². The molecule has 176 valence electrons. The molecule has 33 heavy (non-hydrogen) atoms. The van der Waals surface area contributed by atoms with Crippen LogP contribution in [-0.2, 0) is 22.5 Å². The Morgan fingerprint density at radius 1 is 1.00 bits per heavy atom. The van der Waals surface area contributed by atoms with Crippen molar-refractivity contribution in [2.24, 2.45) is 0 Å². The van der Waals surface area contributed by atoms with Gasteiger partial charge in [0.1, 0.15) is 0 Å². The molecule has 1 aromatic heterocycles. The standard InChI is InChI=1S/C25H30Cl2N4O2/c26-20-6-5-18(12-21(20)27)13-24(32)31-11-10-30(15-19-4-3-7-28-14-19)23-17-33-16-22(25(23)31)29-8-1-2-9-29/h3-7,12,14,22-23,25H,1-2,8-11,13,15-17H2/t22-,23+,25+/m0/s1. The Morgan fingerprint density at radius 3 is 2.58 bits per heavy atom. The Bertz CT molecular complexity index is 970. The van der Waals surface area contributed by atoms with Crippen LogP contribution in [0.3, 0.4) is 0 Å². The number of nitrogens with zero attached hydrogens (tertiary/aromatic N) is 4. The van der Waals surface area contributed by atoms with Crippen molar-refractivity contribution in [2.75, 3.05) is 39.4 Å². The van der Waals surface area contributed by atoms with E-state index in [1.165, 1.54) is 18.4 Å². The van der Waals surface area contributed by atoms with Gasteiger partial charge in [0.25, 0.3) is 0 Å². The second-order valence-electron chi connectivity index (χ2n) is 9.25. The summed E-state index contributed by atoms with van der Waals surface area (Å²) in [6.07, 6.45) is 6.49. The maximum Gasteiger partial charge on any atom is 0.227 e. The molecule has 0 unspecified atom stereocenters. The number of amides is 1. The van der Waals surface area contributed by atoms with E-state index in [-0.39, 0.29) is 24.0 Å². The summed E-state index contributed by atoms with van der Waals surface area (Å²) in [5.41, 5.74) is 2.09.